The van der Waals surface area contributed by atoms with E-state index in [1.165, 1.54) is 0 Å². The van der Waals surface area contributed by atoms with E-state index in [1.807, 2.05) is 6.07 Å². The Bertz CT molecular complexity index is 448. The lowest BCUT2D eigenvalue weighted by Crippen LogP contribution is -2.37. The van der Waals surface area contributed by atoms with Gasteiger partial charge in [0.1, 0.15) is 0 Å². The summed E-state index contributed by atoms with van der Waals surface area (Å²) < 4.78 is 0. The SMILES string of the molecule is NCCC(=O)N1CCc2cc(Cl)cc(Cl)c2C1. The Kier molecular flexibility index (Phi) is 3.92. The lowest BCUT2D eigenvalue weighted by molar-refractivity contribution is -0.131. The highest BCUT2D eigenvalue weighted by Crippen LogP contribution is 2.30. The summed E-state index contributed by atoms with van der Waals surface area (Å²) >= 11 is 12.1. The van der Waals surface area contributed by atoms with Crippen molar-refractivity contribution < 1.29 is 4.79 Å². The molecule has 0 saturated heterocycles. The maximum atomic E-state index is 11.8. The van der Waals surface area contributed by atoms with Crippen LogP contribution in [-0.2, 0) is 17.8 Å². The molecule has 0 bridgehead atoms. The molecule has 1 amide bonds. The summed E-state index contributed by atoms with van der Waals surface area (Å²) in [6.45, 7) is 1.66. The molecule has 1 aliphatic heterocycles. The summed E-state index contributed by atoms with van der Waals surface area (Å²) in [6, 6.07) is 3.65. The van der Waals surface area contributed by atoms with Gasteiger partial charge in [0.15, 0.2) is 0 Å². The van der Waals surface area contributed by atoms with Gasteiger partial charge < -0.3 is 10.6 Å². The molecule has 3 nitrogen and oxygen atoms in total. The number of hydrogen-bond donors (Lipinski definition) is 1. The van der Waals surface area contributed by atoms with Gasteiger partial charge in [-0.3, -0.25) is 4.79 Å². The smallest absolute Gasteiger partial charge is 0.224 e. The molecule has 1 heterocycles. The van der Waals surface area contributed by atoms with Crippen LogP contribution in [-0.4, -0.2) is 23.9 Å². The third-order valence-corrected chi connectivity index (χ3v) is 3.52. The fourth-order valence-electron chi connectivity index (χ4n) is 2.08. The number of rotatable bonds is 2. The van der Waals surface area contributed by atoms with Gasteiger partial charge in [-0.05, 0) is 29.7 Å². The molecule has 5 heteroatoms. The quantitative estimate of drug-likeness (QED) is 0.898. The van der Waals surface area contributed by atoms with Gasteiger partial charge in [0.2, 0.25) is 5.91 Å². The highest BCUT2D eigenvalue weighted by molar-refractivity contribution is 6.35. The number of fused-ring (bicyclic) bond motifs is 1. The van der Waals surface area contributed by atoms with Crippen molar-refractivity contribution in [2.45, 2.75) is 19.4 Å². The predicted octanol–water partition coefficient (Wildman–Crippen LogP) is 2.23. The lowest BCUT2D eigenvalue weighted by Gasteiger charge is -2.29. The van der Waals surface area contributed by atoms with Crippen molar-refractivity contribution in [1.82, 2.24) is 4.90 Å². The van der Waals surface area contributed by atoms with Gasteiger partial charge in [-0.1, -0.05) is 23.2 Å². The van der Waals surface area contributed by atoms with Gasteiger partial charge in [0, 0.05) is 36.1 Å². The van der Waals surface area contributed by atoms with Crippen LogP contribution in [0.5, 0.6) is 0 Å². The molecule has 0 saturated carbocycles. The second-order valence-corrected chi connectivity index (χ2v) is 4.97. The van der Waals surface area contributed by atoms with Crippen molar-refractivity contribution in [3.05, 3.63) is 33.3 Å². The lowest BCUT2D eigenvalue weighted by atomic mass is 9.99. The summed E-state index contributed by atoms with van der Waals surface area (Å²) in [5, 5.41) is 1.29. The van der Waals surface area contributed by atoms with Crippen LogP contribution in [0.3, 0.4) is 0 Å². The Morgan fingerprint density at radius 3 is 2.88 bits per heavy atom. The first-order valence-electron chi connectivity index (χ1n) is 5.56. The van der Waals surface area contributed by atoms with E-state index < -0.39 is 0 Å². The fraction of sp³-hybridized carbons (Fsp3) is 0.417. The first kappa shape index (κ1) is 12.7. The second-order valence-electron chi connectivity index (χ2n) is 4.13. The molecule has 1 aliphatic rings. The zero-order chi connectivity index (χ0) is 12.4. The Hall–Kier alpha value is -0.770. The normalized spacial score (nSPS) is 14.6. The van der Waals surface area contributed by atoms with Crippen LogP contribution in [0, 0.1) is 0 Å². The minimum Gasteiger partial charge on any atom is -0.338 e. The molecule has 0 unspecified atom stereocenters. The number of nitrogens with zero attached hydrogens (tertiary/aromatic N) is 1. The van der Waals surface area contributed by atoms with Crippen LogP contribution in [0.1, 0.15) is 17.5 Å². The van der Waals surface area contributed by atoms with Crippen molar-refractivity contribution >= 4 is 29.1 Å². The Labute approximate surface area is 110 Å². The number of amides is 1. The van der Waals surface area contributed by atoms with E-state index in [2.05, 4.69) is 0 Å². The second kappa shape index (κ2) is 5.25. The molecule has 0 spiro atoms. The average molecular weight is 273 g/mol. The van der Waals surface area contributed by atoms with E-state index in [9.17, 15) is 4.79 Å². The molecular formula is C12H14Cl2N2O. The van der Waals surface area contributed by atoms with E-state index in [0.717, 1.165) is 17.5 Å². The average Bonchev–Trinajstić information content (AvgIpc) is 2.28. The maximum absolute atomic E-state index is 11.8. The van der Waals surface area contributed by atoms with E-state index in [0.29, 0.717) is 36.1 Å². The van der Waals surface area contributed by atoms with Crippen molar-refractivity contribution in [1.29, 1.82) is 0 Å². The Morgan fingerprint density at radius 1 is 1.41 bits per heavy atom. The van der Waals surface area contributed by atoms with Crippen molar-refractivity contribution in [3.63, 3.8) is 0 Å². The highest BCUT2D eigenvalue weighted by atomic mass is 35.5. The predicted molar refractivity (Wildman–Crippen MR) is 69.3 cm³/mol. The third kappa shape index (κ3) is 2.73. The molecule has 0 radical (unpaired) electrons. The molecule has 0 aromatic heterocycles. The van der Waals surface area contributed by atoms with Gasteiger partial charge in [-0.15, -0.1) is 0 Å². The summed E-state index contributed by atoms with van der Waals surface area (Å²) in [5.74, 6) is 0.0872. The molecule has 92 valence electrons. The molecule has 1 aromatic carbocycles. The topological polar surface area (TPSA) is 46.3 Å². The number of halogens is 2. The number of hydrogen-bond acceptors (Lipinski definition) is 2. The number of nitrogens with two attached hydrogens (primary N) is 1. The number of carbonyl (C=O) groups is 1. The van der Waals surface area contributed by atoms with Crippen LogP contribution >= 0.6 is 23.2 Å². The van der Waals surface area contributed by atoms with Crippen molar-refractivity contribution in [2.24, 2.45) is 5.73 Å². The van der Waals surface area contributed by atoms with Gasteiger partial charge in [0.25, 0.3) is 0 Å². The van der Waals surface area contributed by atoms with E-state index in [1.54, 1.807) is 11.0 Å². The van der Waals surface area contributed by atoms with Crippen LogP contribution in [0.4, 0.5) is 0 Å². The summed E-state index contributed by atoms with van der Waals surface area (Å²) in [4.78, 5) is 13.6. The molecular weight excluding hydrogens is 259 g/mol. The van der Waals surface area contributed by atoms with Gasteiger partial charge in [0.05, 0.1) is 0 Å². The maximum Gasteiger partial charge on any atom is 0.224 e. The van der Waals surface area contributed by atoms with Crippen molar-refractivity contribution in [3.8, 4) is 0 Å². The van der Waals surface area contributed by atoms with Crippen LogP contribution < -0.4 is 5.73 Å². The third-order valence-electron chi connectivity index (χ3n) is 2.96. The van der Waals surface area contributed by atoms with Gasteiger partial charge in [-0.25, -0.2) is 0 Å². The van der Waals surface area contributed by atoms with E-state index >= 15 is 0 Å². The molecule has 2 rings (SSSR count). The zero-order valence-corrected chi connectivity index (χ0v) is 10.9. The monoisotopic (exact) mass is 272 g/mol. The minimum atomic E-state index is 0.0872. The zero-order valence-electron chi connectivity index (χ0n) is 9.38. The van der Waals surface area contributed by atoms with E-state index in [-0.39, 0.29) is 5.91 Å². The first-order valence-corrected chi connectivity index (χ1v) is 6.32. The Morgan fingerprint density at radius 2 is 2.18 bits per heavy atom. The largest absolute Gasteiger partial charge is 0.338 e. The van der Waals surface area contributed by atoms with E-state index in [4.69, 9.17) is 28.9 Å². The molecule has 0 fully saturated rings. The van der Waals surface area contributed by atoms with Crippen LogP contribution in [0.2, 0.25) is 10.0 Å². The fourth-order valence-corrected chi connectivity index (χ4v) is 2.67. The summed E-state index contributed by atoms with van der Waals surface area (Å²) in [5.41, 5.74) is 7.53. The molecule has 17 heavy (non-hydrogen) atoms. The molecule has 2 N–H and O–H groups in total. The first-order chi connectivity index (χ1) is 8.11. The minimum absolute atomic E-state index is 0.0872. The number of carbonyl (C=O) groups excluding carboxylic acids is 1. The summed E-state index contributed by atoms with van der Waals surface area (Å²) in [7, 11) is 0. The molecule has 0 atom stereocenters. The molecule has 1 aromatic rings. The van der Waals surface area contributed by atoms with Crippen LogP contribution in [0.15, 0.2) is 12.1 Å². The highest BCUT2D eigenvalue weighted by Gasteiger charge is 2.22. The van der Waals surface area contributed by atoms with Gasteiger partial charge in [-0.2, -0.15) is 0 Å². The van der Waals surface area contributed by atoms with Gasteiger partial charge >= 0.3 is 0 Å². The number of benzene rings is 1. The standard InChI is InChI=1S/C12H14Cl2N2O/c13-9-5-8-2-4-16(12(17)1-3-15)7-10(8)11(14)6-9/h5-6H,1-4,7,15H2. The Balaban J connectivity index is 2.21. The van der Waals surface area contributed by atoms with Crippen molar-refractivity contribution in [2.75, 3.05) is 13.1 Å². The summed E-state index contributed by atoms with van der Waals surface area (Å²) in [6.07, 6.45) is 1.19. The van der Waals surface area contributed by atoms with Crippen LogP contribution in [0.25, 0.3) is 0 Å². The molecule has 0 aliphatic carbocycles.